The van der Waals surface area contributed by atoms with Gasteiger partial charge in [-0.1, -0.05) is 24.3 Å². The first-order valence-corrected chi connectivity index (χ1v) is 7.69. The van der Waals surface area contributed by atoms with Crippen molar-refractivity contribution in [2.45, 2.75) is 6.92 Å². The topological polar surface area (TPSA) is 63.2 Å². The van der Waals surface area contributed by atoms with E-state index in [4.69, 9.17) is 4.74 Å². The molecular weight excluding hydrogens is 302 g/mol. The van der Waals surface area contributed by atoms with Crippen LogP contribution in [0.5, 0.6) is 5.75 Å². The van der Waals surface area contributed by atoms with Crippen molar-refractivity contribution in [1.82, 2.24) is 4.98 Å². The third-order valence-electron chi connectivity index (χ3n) is 3.70. The summed E-state index contributed by atoms with van der Waals surface area (Å²) in [4.78, 5) is 16.6. The highest BCUT2D eigenvalue weighted by atomic mass is 16.5. The molecule has 1 heterocycles. The molecule has 5 nitrogen and oxygen atoms in total. The fourth-order valence-electron chi connectivity index (χ4n) is 2.53. The highest BCUT2D eigenvalue weighted by Gasteiger charge is 2.08. The Morgan fingerprint density at radius 3 is 2.79 bits per heavy atom. The number of carbonyl (C=O) groups excluding carboxylic acids is 1. The predicted molar refractivity (Wildman–Crippen MR) is 96.6 cm³/mol. The molecule has 3 aromatic rings. The van der Waals surface area contributed by atoms with Gasteiger partial charge in [-0.3, -0.25) is 9.78 Å². The van der Waals surface area contributed by atoms with Gasteiger partial charge < -0.3 is 15.4 Å². The number of carbonyl (C=O) groups is 1. The second-order valence-electron chi connectivity index (χ2n) is 5.49. The van der Waals surface area contributed by atoms with Crippen molar-refractivity contribution in [3.8, 4) is 5.75 Å². The molecule has 5 heteroatoms. The first kappa shape index (κ1) is 15.8. The zero-order valence-electron chi connectivity index (χ0n) is 13.7. The van der Waals surface area contributed by atoms with E-state index in [0.29, 0.717) is 11.4 Å². The van der Waals surface area contributed by atoms with Gasteiger partial charge >= 0.3 is 0 Å². The molecule has 2 N–H and O–H groups in total. The summed E-state index contributed by atoms with van der Waals surface area (Å²) in [6.45, 7) is 2.13. The average Bonchev–Trinajstić information content (AvgIpc) is 2.60. The molecule has 0 saturated heterocycles. The van der Waals surface area contributed by atoms with Gasteiger partial charge in [-0.05, 0) is 36.8 Å². The van der Waals surface area contributed by atoms with Crippen LogP contribution < -0.4 is 15.4 Å². The van der Waals surface area contributed by atoms with Gasteiger partial charge in [0, 0.05) is 11.6 Å². The molecule has 0 spiro atoms. The molecular formula is C19H19N3O2. The van der Waals surface area contributed by atoms with Crippen LogP contribution in [-0.2, 0) is 4.79 Å². The molecule has 0 radical (unpaired) electrons. The van der Waals surface area contributed by atoms with Crippen molar-refractivity contribution in [2.24, 2.45) is 0 Å². The number of aromatic nitrogens is 1. The van der Waals surface area contributed by atoms with Gasteiger partial charge in [0.15, 0.2) is 0 Å². The molecule has 122 valence electrons. The maximum Gasteiger partial charge on any atom is 0.243 e. The van der Waals surface area contributed by atoms with Crippen LogP contribution in [-0.4, -0.2) is 24.5 Å². The van der Waals surface area contributed by atoms with Gasteiger partial charge in [-0.15, -0.1) is 0 Å². The Kier molecular flexibility index (Phi) is 4.61. The number of hydrogen-bond donors (Lipinski definition) is 2. The van der Waals surface area contributed by atoms with Crippen molar-refractivity contribution in [3.05, 3.63) is 60.3 Å². The van der Waals surface area contributed by atoms with Crippen LogP contribution in [0.4, 0.5) is 11.4 Å². The van der Waals surface area contributed by atoms with Crippen LogP contribution in [0, 0.1) is 6.92 Å². The van der Waals surface area contributed by atoms with E-state index >= 15 is 0 Å². The summed E-state index contributed by atoms with van der Waals surface area (Å²) in [5.74, 6) is 0.567. The summed E-state index contributed by atoms with van der Waals surface area (Å²) in [6, 6.07) is 15.3. The van der Waals surface area contributed by atoms with E-state index in [1.165, 1.54) is 0 Å². The van der Waals surface area contributed by atoms with E-state index in [9.17, 15) is 4.79 Å². The Balaban J connectivity index is 1.71. The molecule has 0 atom stereocenters. The van der Waals surface area contributed by atoms with Gasteiger partial charge in [0.05, 0.1) is 30.5 Å². The van der Waals surface area contributed by atoms with E-state index < -0.39 is 0 Å². The lowest BCUT2D eigenvalue weighted by Crippen LogP contribution is -2.22. The third kappa shape index (κ3) is 3.46. The molecule has 24 heavy (non-hydrogen) atoms. The minimum Gasteiger partial charge on any atom is -0.495 e. The highest BCUT2D eigenvalue weighted by molar-refractivity contribution is 6.01. The number of amides is 1. The van der Waals surface area contributed by atoms with Crippen molar-refractivity contribution < 1.29 is 9.53 Å². The number of methoxy groups -OCH3 is 1. The number of nitrogens with one attached hydrogen (secondary N) is 2. The lowest BCUT2D eigenvalue weighted by molar-refractivity contribution is -0.114. The van der Waals surface area contributed by atoms with Crippen LogP contribution in [0.2, 0.25) is 0 Å². The number of para-hydroxylation sites is 1. The van der Waals surface area contributed by atoms with Crippen LogP contribution in [0.25, 0.3) is 10.9 Å². The Morgan fingerprint density at radius 2 is 1.96 bits per heavy atom. The van der Waals surface area contributed by atoms with Crippen molar-refractivity contribution in [3.63, 3.8) is 0 Å². The molecule has 0 saturated carbocycles. The summed E-state index contributed by atoms with van der Waals surface area (Å²) >= 11 is 0. The molecule has 3 rings (SSSR count). The number of hydrogen-bond acceptors (Lipinski definition) is 4. The number of anilines is 2. The minimum absolute atomic E-state index is 0.142. The van der Waals surface area contributed by atoms with E-state index in [2.05, 4.69) is 15.6 Å². The quantitative estimate of drug-likeness (QED) is 0.753. The number of pyridine rings is 1. The third-order valence-corrected chi connectivity index (χ3v) is 3.70. The van der Waals surface area contributed by atoms with Gasteiger partial charge in [0.25, 0.3) is 0 Å². The molecule has 2 aromatic carbocycles. The van der Waals surface area contributed by atoms with Gasteiger partial charge in [0.2, 0.25) is 5.91 Å². The normalized spacial score (nSPS) is 10.4. The fourth-order valence-corrected chi connectivity index (χ4v) is 2.53. The number of ether oxygens (including phenoxy) is 1. The highest BCUT2D eigenvalue weighted by Crippen LogP contribution is 2.25. The van der Waals surface area contributed by atoms with Crippen LogP contribution in [0.3, 0.4) is 0 Å². The molecule has 0 fully saturated rings. The Labute approximate surface area is 140 Å². The maximum atomic E-state index is 12.3. The lowest BCUT2D eigenvalue weighted by Gasteiger charge is -2.12. The van der Waals surface area contributed by atoms with Crippen molar-refractivity contribution >= 4 is 28.2 Å². The SMILES string of the molecule is COc1ccc(C)cc1NCC(=O)Nc1cccc2cccnc12. The van der Waals surface area contributed by atoms with E-state index in [-0.39, 0.29) is 12.5 Å². The Morgan fingerprint density at radius 1 is 1.12 bits per heavy atom. The smallest absolute Gasteiger partial charge is 0.243 e. The average molecular weight is 321 g/mol. The van der Waals surface area contributed by atoms with E-state index in [1.807, 2.05) is 55.5 Å². The number of fused-ring (bicyclic) bond motifs is 1. The molecule has 0 aliphatic heterocycles. The standard InChI is InChI=1S/C19H19N3O2/c1-13-8-9-17(24-2)16(11-13)21-12-18(23)22-15-7-3-5-14-6-4-10-20-19(14)15/h3-11,21H,12H2,1-2H3,(H,22,23). The second-order valence-corrected chi connectivity index (χ2v) is 5.49. The first-order valence-electron chi connectivity index (χ1n) is 7.69. The van der Waals surface area contributed by atoms with Crippen molar-refractivity contribution in [1.29, 1.82) is 0 Å². The Hall–Kier alpha value is -3.08. The van der Waals surface area contributed by atoms with Crippen LogP contribution >= 0.6 is 0 Å². The number of aryl methyl sites for hydroxylation is 1. The lowest BCUT2D eigenvalue weighted by atomic mass is 10.2. The summed E-state index contributed by atoms with van der Waals surface area (Å²) in [5.41, 5.74) is 3.37. The van der Waals surface area contributed by atoms with Crippen molar-refractivity contribution in [2.75, 3.05) is 24.3 Å². The van der Waals surface area contributed by atoms with Gasteiger partial charge in [-0.2, -0.15) is 0 Å². The number of benzene rings is 2. The molecule has 0 bridgehead atoms. The minimum atomic E-state index is -0.142. The fraction of sp³-hybridized carbons (Fsp3) is 0.158. The zero-order valence-corrected chi connectivity index (χ0v) is 13.7. The molecule has 1 amide bonds. The summed E-state index contributed by atoms with van der Waals surface area (Å²) in [5, 5.41) is 7.01. The summed E-state index contributed by atoms with van der Waals surface area (Å²) in [7, 11) is 1.61. The summed E-state index contributed by atoms with van der Waals surface area (Å²) in [6.07, 6.45) is 1.72. The van der Waals surface area contributed by atoms with Crippen LogP contribution in [0.15, 0.2) is 54.7 Å². The molecule has 0 unspecified atom stereocenters. The first-order chi connectivity index (χ1) is 11.7. The van der Waals surface area contributed by atoms with E-state index in [0.717, 1.165) is 22.2 Å². The van der Waals surface area contributed by atoms with Gasteiger partial charge in [-0.25, -0.2) is 0 Å². The zero-order chi connectivity index (χ0) is 16.9. The number of nitrogens with zero attached hydrogens (tertiary/aromatic N) is 1. The van der Waals surface area contributed by atoms with E-state index in [1.54, 1.807) is 13.3 Å². The summed E-state index contributed by atoms with van der Waals surface area (Å²) < 4.78 is 5.30. The van der Waals surface area contributed by atoms with Gasteiger partial charge in [0.1, 0.15) is 5.75 Å². The number of rotatable bonds is 5. The largest absolute Gasteiger partial charge is 0.495 e. The Bertz CT molecular complexity index is 872. The maximum absolute atomic E-state index is 12.3. The molecule has 0 aliphatic carbocycles. The monoisotopic (exact) mass is 321 g/mol. The predicted octanol–water partition coefficient (Wildman–Crippen LogP) is 3.60. The molecule has 0 aliphatic rings. The molecule has 1 aromatic heterocycles. The van der Waals surface area contributed by atoms with Crippen LogP contribution in [0.1, 0.15) is 5.56 Å². The second kappa shape index (κ2) is 7.00.